The van der Waals surface area contributed by atoms with Gasteiger partial charge in [0.1, 0.15) is 5.82 Å². The fourth-order valence-corrected chi connectivity index (χ4v) is 2.71. The van der Waals surface area contributed by atoms with Gasteiger partial charge in [0.2, 0.25) is 5.76 Å². The van der Waals surface area contributed by atoms with Crippen molar-refractivity contribution in [2.75, 3.05) is 5.32 Å². The van der Waals surface area contributed by atoms with E-state index in [0.717, 1.165) is 6.42 Å². The number of anilines is 1. The topological polar surface area (TPSA) is 86.1 Å². The van der Waals surface area contributed by atoms with Crippen LogP contribution in [0.5, 0.6) is 0 Å². The van der Waals surface area contributed by atoms with E-state index in [1.165, 1.54) is 12.7 Å². The zero-order chi connectivity index (χ0) is 17.1. The molecule has 0 unspecified atom stereocenters. The SMILES string of the molecule is CC(C)C[C@@H](C)n1nccc1NC(=O)c1ncoc1-c1ccco1. The van der Waals surface area contributed by atoms with Crippen LogP contribution in [0.4, 0.5) is 5.82 Å². The fraction of sp³-hybridized carbons (Fsp3) is 0.353. The lowest BCUT2D eigenvalue weighted by Crippen LogP contribution is -2.19. The van der Waals surface area contributed by atoms with E-state index in [4.69, 9.17) is 8.83 Å². The number of amides is 1. The first-order chi connectivity index (χ1) is 11.6. The molecule has 3 aromatic heterocycles. The number of hydrogen-bond acceptors (Lipinski definition) is 5. The van der Waals surface area contributed by atoms with Crippen LogP contribution in [0.1, 0.15) is 43.7 Å². The lowest BCUT2D eigenvalue weighted by atomic mass is 10.1. The number of nitrogens with zero attached hydrogens (tertiary/aromatic N) is 3. The lowest BCUT2D eigenvalue weighted by Gasteiger charge is -2.17. The largest absolute Gasteiger partial charge is 0.461 e. The van der Waals surface area contributed by atoms with Gasteiger partial charge in [0.05, 0.1) is 18.5 Å². The van der Waals surface area contributed by atoms with Crippen molar-refractivity contribution in [2.24, 2.45) is 5.92 Å². The Labute approximate surface area is 139 Å². The Balaban J connectivity index is 1.80. The van der Waals surface area contributed by atoms with Gasteiger partial charge in [-0.1, -0.05) is 13.8 Å². The molecule has 0 radical (unpaired) electrons. The van der Waals surface area contributed by atoms with Gasteiger partial charge in [-0.3, -0.25) is 4.79 Å². The Morgan fingerprint density at radius 3 is 2.83 bits per heavy atom. The standard InChI is InChI=1S/C17H20N4O3/c1-11(2)9-12(3)21-14(6-7-19-21)20-17(22)15-16(24-10-18-15)13-5-4-8-23-13/h4-8,10-12H,9H2,1-3H3,(H,20,22)/t12-/m1/s1. The number of aromatic nitrogens is 3. The lowest BCUT2D eigenvalue weighted by molar-refractivity contribution is 0.102. The summed E-state index contributed by atoms with van der Waals surface area (Å²) in [6.45, 7) is 6.39. The Morgan fingerprint density at radius 1 is 1.29 bits per heavy atom. The normalized spacial score (nSPS) is 12.5. The molecule has 1 N–H and O–H groups in total. The summed E-state index contributed by atoms with van der Waals surface area (Å²) < 4.78 is 12.4. The van der Waals surface area contributed by atoms with Gasteiger partial charge in [0, 0.05) is 6.07 Å². The van der Waals surface area contributed by atoms with Crippen LogP contribution in [0.25, 0.3) is 11.5 Å². The zero-order valence-corrected chi connectivity index (χ0v) is 13.9. The predicted molar refractivity (Wildman–Crippen MR) is 88.6 cm³/mol. The molecule has 0 saturated heterocycles. The maximum Gasteiger partial charge on any atom is 0.279 e. The van der Waals surface area contributed by atoms with Crippen molar-refractivity contribution in [3.05, 3.63) is 42.7 Å². The van der Waals surface area contributed by atoms with Gasteiger partial charge in [0.25, 0.3) is 5.91 Å². The van der Waals surface area contributed by atoms with Gasteiger partial charge in [0.15, 0.2) is 17.8 Å². The van der Waals surface area contributed by atoms with Crippen molar-refractivity contribution in [1.29, 1.82) is 0 Å². The molecular weight excluding hydrogens is 308 g/mol. The van der Waals surface area contributed by atoms with Crippen molar-refractivity contribution in [1.82, 2.24) is 14.8 Å². The monoisotopic (exact) mass is 328 g/mol. The smallest absolute Gasteiger partial charge is 0.279 e. The molecule has 0 bridgehead atoms. The second kappa shape index (κ2) is 6.74. The first-order valence-corrected chi connectivity index (χ1v) is 7.88. The molecule has 3 aromatic rings. The molecule has 1 atom stereocenters. The minimum atomic E-state index is -0.367. The Hall–Kier alpha value is -2.83. The van der Waals surface area contributed by atoms with Crippen molar-refractivity contribution >= 4 is 11.7 Å². The van der Waals surface area contributed by atoms with Gasteiger partial charge in [-0.2, -0.15) is 5.10 Å². The highest BCUT2D eigenvalue weighted by molar-refractivity contribution is 6.05. The molecule has 7 heteroatoms. The van der Waals surface area contributed by atoms with Gasteiger partial charge >= 0.3 is 0 Å². The summed E-state index contributed by atoms with van der Waals surface area (Å²) in [5, 5.41) is 7.16. The number of furan rings is 1. The average Bonchev–Trinajstić information content (AvgIpc) is 3.27. The minimum absolute atomic E-state index is 0.175. The van der Waals surface area contributed by atoms with Crippen molar-refractivity contribution in [2.45, 2.75) is 33.2 Å². The van der Waals surface area contributed by atoms with Crippen LogP contribution < -0.4 is 5.32 Å². The maximum absolute atomic E-state index is 12.6. The molecule has 1 amide bonds. The summed E-state index contributed by atoms with van der Waals surface area (Å²) in [4.78, 5) is 16.6. The van der Waals surface area contributed by atoms with Crippen molar-refractivity contribution < 1.29 is 13.6 Å². The summed E-state index contributed by atoms with van der Waals surface area (Å²) in [7, 11) is 0. The van der Waals surface area contributed by atoms with Crippen LogP contribution in [0.2, 0.25) is 0 Å². The second-order valence-electron chi connectivity index (χ2n) is 6.10. The van der Waals surface area contributed by atoms with Gasteiger partial charge in [-0.15, -0.1) is 0 Å². The van der Waals surface area contributed by atoms with E-state index in [0.29, 0.717) is 23.3 Å². The third-order valence-corrected chi connectivity index (χ3v) is 3.67. The molecule has 0 saturated carbocycles. The highest BCUT2D eigenvalue weighted by atomic mass is 16.4. The molecule has 0 aromatic carbocycles. The maximum atomic E-state index is 12.6. The highest BCUT2D eigenvalue weighted by Crippen LogP contribution is 2.25. The van der Waals surface area contributed by atoms with Crippen LogP contribution >= 0.6 is 0 Å². The summed E-state index contributed by atoms with van der Waals surface area (Å²) >= 11 is 0. The summed E-state index contributed by atoms with van der Waals surface area (Å²) in [5.74, 6) is 1.56. The first-order valence-electron chi connectivity index (χ1n) is 7.88. The average molecular weight is 328 g/mol. The van der Waals surface area contributed by atoms with Crippen molar-refractivity contribution in [3.63, 3.8) is 0 Å². The second-order valence-corrected chi connectivity index (χ2v) is 6.10. The predicted octanol–water partition coefficient (Wildman–Crippen LogP) is 3.99. The third-order valence-electron chi connectivity index (χ3n) is 3.67. The van der Waals surface area contributed by atoms with Gasteiger partial charge in [-0.25, -0.2) is 9.67 Å². The number of hydrogen-bond donors (Lipinski definition) is 1. The molecule has 3 rings (SSSR count). The van der Waals surface area contributed by atoms with E-state index in [1.54, 1.807) is 24.4 Å². The summed E-state index contributed by atoms with van der Waals surface area (Å²) in [6.07, 6.45) is 5.38. The van der Waals surface area contributed by atoms with E-state index >= 15 is 0 Å². The molecule has 0 spiro atoms. The molecule has 24 heavy (non-hydrogen) atoms. The van der Waals surface area contributed by atoms with E-state index in [1.807, 2.05) is 4.68 Å². The Bertz CT molecular complexity index is 802. The number of carbonyl (C=O) groups is 1. The van der Waals surface area contributed by atoms with Gasteiger partial charge in [-0.05, 0) is 31.4 Å². The molecule has 3 heterocycles. The third kappa shape index (κ3) is 3.24. The highest BCUT2D eigenvalue weighted by Gasteiger charge is 2.22. The van der Waals surface area contributed by atoms with E-state index < -0.39 is 0 Å². The number of nitrogens with one attached hydrogen (secondary N) is 1. The van der Waals surface area contributed by atoms with Crippen LogP contribution in [-0.4, -0.2) is 20.7 Å². The number of rotatable bonds is 6. The van der Waals surface area contributed by atoms with Crippen molar-refractivity contribution in [3.8, 4) is 11.5 Å². The van der Waals surface area contributed by atoms with E-state index in [2.05, 4.69) is 36.2 Å². The molecule has 0 fully saturated rings. The van der Waals surface area contributed by atoms with Crippen LogP contribution in [0.15, 0.2) is 45.9 Å². The zero-order valence-electron chi connectivity index (χ0n) is 13.9. The number of carbonyl (C=O) groups excluding carboxylic acids is 1. The van der Waals surface area contributed by atoms with E-state index in [-0.39, 0.29) is 17.6 Å². The summed E-state index contributed by atoms with van der Waals surface area (Å²) in [5.41, 5.74) is 0.175. The quantitative estimate of drug-likeness (QED) is 0.739. The molecule has 126 valence electrons. The van der Waals surface area contributed by atoms with Crippen LogP contribution in [0.3, 0.4) is 0 Å². The first kappa shape index (κ1) is 16.0. The fourth-order valence-electron chi connectivity index (χ4n) is 2.71. The molecule has 7 nitrogen and oxygen atoms in total. The van der Waals surface area contributed by atoms with Gasteiger partial charge < -0.3 is 14.2 Å². The Kier molecular flexibility index (Phi) is 4.50. The molecule has 0 aliphatic heterocycles. The molecule has 0 aliphatic rings. The molecular formula is C17H20N4O3. The van der Waals surface area contributed by atoms with E-state index in [9.17, 15) is 4.79 Å². The molecule has 0 aliphatic carbocycles. The minimum Gasteiger partial charge on any atom is -0.461 e. The number of oxazole rings is 1. The summed E-state index contributed by atoms with van der Waals surface area (Å²) in [6, 6.07) is 5.38. The van der Waals surface area contributed by atoms with Crippen LogP contribution in [-0.2, 0) is 0 Å². The Morgan fingerprint density at radius 2 is 2.12 bits per heavy atom. The van der Waals surface area contributed by atoms with Crippen LogP contribution in [0, 0.1) is 5.92 Å².